The first-order valence-electron chi connectivity index (χ1n) is 7.91. The van der Waals surface area contributed by atoms with Crippen LogP contribution in [0.4, 0.5) is 0 Å². The molecule has 1 saturated heterocycles. The normalized spacial score (nSPS) is 28.4. The van der Waals surface area contributed by atoms with E-state index in [1.807, 2.05) is 12.1 Å². The second kappa shape index (κ2) is 6.47. The lowest BCUT2D eigenvalue weighted by atomic mass is 9.84. The molecule has 0 aromatic heterocycles. The van der Waals surface area contributed by atoms with E-state index in [4.69, 9.17) is 16.3 Å². The molecule has 1 heterocycles. The molecule has 1 saturated carbocycles. The van der Waals surface area contributed by atoms with Crippen molar-refractivity contribution in [1.82, 2.24) is 4.90 Å². The summed E-state index contributed by atoms with van der Waals surface area (Å²) in [5, 5.41) is 10.2. The summed E-state index contributed by atoms with van der Waals surface area (Å²) in [6, 6.07) is 5.51. The van der Waals surface area contributed by atoms with Gasteiger partial charge in [-0.25, -0.2) is 0 Å². The number of hydrogen-bond acceptors (Lipinski definition) is 3. The number of benzene rings is 1. The van der Waals surface area contributed by atoms with E-state index < -0.39 is 12.0 Å². The van der Waals surface area contributed by atoms with Gasteiger partial charge in [0.15, 0.2) is 0 Å². The van der Waals surface area contributed by atoms with Gasteiger partial charge in [-0.15, -0.1) is 0 Å². The van der Waals surface area contributed by atoms with Gasteiger partial charge in [-0.3, -0.25) is 9.69 Å². The Morgan fingerprint density at radius 1 is 1.41 bits per heavy atom. The number of rotatable bonds is 4. The first kappa shape index (κ1) is 15.6. The number of carbonyl (C=O) groups is 1. The van der Waals surface area contributed by atoms with Crippen molar-refractivity contribution in [3.63, 3.8) is 0 Å². The maximum Gasteiger partial charge on any atom is 0.320 e. The standard InChI is InChI=1S/C17H22ClNO3/c1-22-16-7-6-13(18)8-12(16)10-19-14-5-3-2-4-11(14)9-15(19)17(20)21/h6-8,11,14-15H,2-5,9-10H2,1H3,(H,20,21). The molecule has 1 aromatic carbocycles. The Kier molecular flexibility index (Phi) is 4.59. The van der Waals surface area contributed by atoms with Gasteiger partial charge < -0.3 is 9.84 Å². The molecule has 1 aromatic rings. The molecule has 0 radical (unpaired) electrons. The van der Waals surface area contributed by atoms with Gasteiger partial charge in [0.05, 0.1) is 7.11 Å². The Hall–Kier alpha value is -1.26. The first-order chi connectivity index (χ1) is 10.6. The van der Waals surface area contributed by atoms with Gasteiger partial charge in [0.1, 0.15) is 11.8 Å². The lowest BCUT2D eigenvalue weighted by molar-refractivity contribution is -0.142. The minimum atomic E-state index is -0.713. The van der Waals surface area contributed by atoms with Crippen LogP contribution in [0, 0.1) is 5.92 Å². The maximum atomic E-state index is 11.7. The molecule has 5 heteroatoms. The van der Waals surface area contributed by atoms with Crippen molar-refractivity contribution in [1.29, 1.82) is 0 Å². The molecular formula is C17H22ClNO3. The number of halogens is 1. The summed E-state index contributed by atoms with van der Waals surface area (Å²) >= 11 is 6.11. The molecule has 2 fully saturated rings. The summed E-state index contributed by atoms with van der Waals surface area (Å²) in [6.07, 6.45) is 5.43. The number of fused-ring (bicyclic) bond motifs is 1. The quantitative estimate of drug-likeness (QED) is 0.920. The number of carboxylic acids is 1. The fraction of sp³-hybridized carbons (Fsp3) is 0.588. The van der Waals surface area contributed by atoms with Crippen LogP contribution in [0.5, 0.6) is 5.75 Å². The maximum absolute atomic E-state index is 11.7. The molecule has 3 unspecified atom stereocenters. The van der Waals surface area contributed by atoms with Crippen LogP contribution in [-0.4, -0.2) is 35.2 Å². The average molecular weight is 324 g/mol. The molecule has 1 aliphatic heterocycles. The fourth-order valence-electron chi connectivity index (χ4n) is 4.09. The Balaban J connectivity index is 1.87. The largest absolute Gasteiger partial charge is 0.496 e. The van der Waals surface area contributed by atoms with E-state index in [9.17, 15) is 9.90 Å². The molecule has 120 valence electrons. The summed E-state index contributed by atoms with van der Waals surface area (Å²) in [6.45, 7) is 0.585. The lowest BCUT2D eigenvalue weighted by Gasteiger charge is -2.33. The number of likely N-dealkylation sites (tertiary alicyclic amines) is 1. The van der Waals surface area contributed by atoms with Gasteiger partial charge in [-0.2, -0.15) is 0 Å². The molecule has 1 aliphatic carbocycles. The van der Waals surface area contributed by atoms with Crippen molar-refractivity contribution >= 4 is 17.6 Å². The summed E-state index contributed by atoms with van der Waals surface area (Å²) in [7, 11) is 1.63. The highest BCUT2D eigenvalue weighted by Crippen LogP contribution is 2.41. The van der Waals surface area contributed by atoms with Crippen molar-refractivity contribution in [2.24, 2.45) is 5.92 Å². The van der Waals surface area contributed by atoms with E-state index >= 15 is 0 Å². The number of nitrogens with zero attached hydrogens (tertiary/aromatic N) is 1. The van der Waals surface area contributed by atoms with Gasteiger partial charge >= 0.3 is 5.97 Å². The number of carboxylic acid groups (broad SMARTS) is 1. The first-order valence-corrected chi connectivity index (χ1v) is 8.29. The van der Waals surface area contributed by atoms with E-state index in [0.29, 0.717) is 23.5 Å². The van der Waals surface area contributed by atoms with Gasteiger partial charge in [-0.05, 0) is 43.4 Å². The molecule has 1 N–H and O–H groups in total. The highest BCUT2D eigenvalue weighted by atomic mass is 35.5. The molecule has 4 nitrogen and oxygen atoms in total. The van der Waals surface area contributed by atoms with Crippen molar-refractivity contribution in [2.45, 2.75) is 50.7 Å². The molecule has 3 rings (SSSR count). The van der Waals surface area contributed by atoms with Crippen molar-refractivity contribution in [3.05, 3.63) is 28.8 Å². The number of hydrogen-bond donors (Lipinski definition) is 1. The minimum Gasteiger partial charge on any atom is -0.496 e. The van der Waals surface area contributed by atoms with E-state index in [0.717, 1.165) is 30.6 Å². The second-order valence-electron chi connectivity index (χ2n) is 6.33. The molecule has 0 amide bonds. The number of aliphatic carboxylic acids is 1. The van der Waals surface area contributed by atoms with Crippen LogP contribution in [-0.2, 0) is 11.3 Å². The summed E-state index contributed by atoms with van der Waals surface area (Å²) < 4.78 is 5.41. The number of methoxy groups -OCH3 is 1. The molecule has 22 heavy (non-hydrogen) atoms. The van der Waals surface area contributed by atoms with Gasteiger partial charge in [-0.1, -0.05) is 24.4 Å². The predicted octanol–water partition coefficient (Wildman–Crippen LogP) is 3.57. The minimum absolute atomic E-state index is 0.374. The zero-order valence-electron chi connectivity index (χ0n) is 12.8. The third-order valence-corrected chi connectivity index (χ3v) is 5.34. The van der Waals surface area contributed by atoms with Crippen LogP contribution in [0.25, 0.3) is 0 Å². The van der Waals surface area contributed by atoms with Gasteiger partial charge in [0, 0.05) is 23.2 Å². The average Bonchev–Trinajstić information content (AvgIpc) is 2.87. The van der Waals surface area contributed by atoms with Gasteiger partial charge in [0.25, 0.3) is 0 Å². The second-order valence-corrected chi connectivity index (χ2v) is 6.77. The zero-order valence-corrected chi connectivity index (χ0v) is 13.6. The SMILES string of the molecule is COc1ccc(Cl)cc1CN1C(C(=O)O)CC2CCCCC21. The summed E-state index contributed by atoms with van der Waals surface area (Å²) in [5.41, 5.74) is 0.965. The van der Waals surface area contributed by atoms with Crippen molar-refractivity contribution in [3.8, 4) is 5.75 Å². The van der Waals surface area contributed by atoms with Gasteiger partial charge in [0.2, 0.25) is 0 Å². The van der Waals surface area contributed by atoms with Crippen LogP contribution in [0.2, 0.25) is 5.02 Å². The third kappa shape index (κ3) is 2.95. The predicted molar refractivity (Wildman–Crippen MR) is 85.3 cm³/mol. The molecule has 0 spiro atoms. The molecule has 3 atom stereocenters. The molecule has 2 aliphatic rings. The summed E-state index contributed by atoms with van der Waals surface area (Å²) in [4.78, 5) is 13.8. The molecule has 0 bridgehead atoms. The van der Waals surface area contributed by atoms with Crippen LogP contribution < -0.4 is 4.74 Å². The van der Waals surface area contributed by atoms with Crippen molar-refractivity contribution in [2.75, 3.05) is 7.11 Å². The summed E-state index contributed by atoms with van der Waals surface area (Å²) in [5.74, 6) is 0.572. The Morgan fingerprint density at radius 3 is 2.91 bits per heavy atom. The lowest BCUT2D eigenvalue weighted by Crippen LogP contribution is -2.41. The fourth-order valence-corrected chi connectivity index (χ4v) is 4.29. The Morgan fingerprint density at radius 2 is 2.18 bits per heavy atom. The highest BCUT2D eigenvalue weighted by molar-refractivity contribution is 6.30. The van der Waals surface area contributed by atoms with E-state index in [-0.39, 0.29) is 0 Å². The number of ether oxygens (including phenoxy) is 1. The molecular weight excluding hydrogens is 302 g/mol. The monoisotopic (exact) mass is 323 g/mol. The van der Waals surface area contributed by atoms with Crippen LogP contribution in [0.3, 0.4) is 0 Å². The van der Waals surface area contributed by atoms with Crippen LogP contribution in [0.15, 0.2) is 18.2 Å². The van der Waals surface area contributed by atoms with Crippen molar-refractivity contribution < 1.29 is 14.6 Å². The third-order valence-electron chi connectivity index (χ3n) is 5.10. The van der Waals surface area contributed by atoms with E-state index in [2.05, 4.69) is 4.90 Å². The smallest absolute Gasteiger partial charge is 0.320 e. The Bertz CT molecular complexity index is 563. The highest BCUT2D eigenvalue weighted by Gasteiger charge is 2.45. The topological polar surface area (TPSA) is 49.8 Å². The zero-order chi connectivity index (χ0) is 15.7. The van der Waals surface area contributed by atoms with E-state index in [1.165, 1.54) is 12.8 Å². The van der Waals surface area contributed by atoms with Crippen LogP contribution >= 0.6 is 11.6 Å². The van der Waals surface area contributed by atoms with E-state index in [1.54, 1.807) is 13.2 Å². The Labute approximate surface area is 136 Å². The van der Waals surface area contributed by atoms with Crippen LogP contribution in [0.1, 0.15) is 37.7 Å².